The predicted molar refractivity (Wildman–Crippen MR) is 81.0 cm³/mol. The quantitative estimate of drug-likeness (QED) is 0.777. The number of benzene rings is 1. The van der Waals surface area contributed by atoms with Crippen LogP contribution in [0.3, 0.4) is 0 Å². The molecule has 3 aromatic rings. The fraction of sp³-hybridized carbons (Fsp3) is 0.143. The molecule has 18 heavy (non-hydrogen) atoms. The Balaban J connectivity index is 1.97. The van der Waals surface area contributed by atoms with Gasteiger partial charge in [0.15, 0.2) is 0 Å². The Morgan fingerprint density at radius 2 is 2.06 bits per heavy atom. The molecule has 0 amide bonds. The van der Waals surface area contributed by atoms with Crippen LogP contribution in [0.1, 0.15) is 10.4 Å². The van der Waals surface area contributed by atoms with Gasteiger partial charge in [0.25, 0.3) is 0 Å². The summed E-state index contributed by atoms with van der Waals surface area (Å²) in [4.78, 5) is 1.35. The summed E-state index contributed by atoms with van der Waals surface area (Å²) in [6, 6.07) is 12.8. The molecule has 3 rings (SSSR count). The van der Waals surface area contributed by atoms with Crippen LogP contribution in [-0.2, 0) is 13.1 Å². The van der Waals surface area contributed by atoms with Crippen LogP contribution in [0.4, 0.5) is 0 Å². The molecule has 0 aliphatic carbocycles. The number of hydrogen-bond acceptors (Lipinski definition) is 2. The van der Waals surface area contributed by atoms with Crippen LogP contribution < -0.4 is 5.73 Å². The molecule has 0 saturated carbocycles. The number of fused-ring (bicyclic) bond motifs is 1. The Morgan fingerprint density at radius 1 is 1.17 bits per heavy atom. The van der Waals surface area contributed by atoms with Crippen LogP contribution in [0.2, 0.25) is 0 Å². The molecule has 92 valence electrons. The van der Waals surface area contributed by atoms with Crippen molar-refractivity contribution >= 4 is 38.2 Å². The zero-order chi connectivity index (χ0) is 12.5. The van der Waals surface area contributed by atoms with Gasteiger partial charge in [0.2, 0.25) is 0 Å². The van der Waals surface area contributed by atoms with Gasteiger partial charge in [-0.25, -0.2) is 0 Å². The van der Waals surface area contributed by atoms with Crippen LogP contribution in [0.15, 0.2) is 46.4 Å². The van der Waals surface area contributed by atoms with Crippen molar-refractivity contribution in [2.24, 2.45) is 5.73 Å². The molecule has 0 bridgehead atoms. The fourth-order valence-corrected chi connectivity index (χ4v) is 3.60. The summed E-state index contributed by atoms with van der Waals surface area (Å²) >= 11 is 5.28. The van der Waals surface area contributed by atoms with E-state index in [0.717, 1.165) is 6.54 Å². The van der Waals surface area contributed by atoms with Gasteiger partial charge in [-0.2, -0.15) is 0 Å². The number of nitrogens with two attached hydrogens (primary N) is 1. The smallest absolute Gasteiger partial charge is 0.0702 e. The van der Waals surface area contributed by atoms with Gasteiger partial charge in [-0.15, -0.1) is 11.3 Å². The summed E-state index contributed by atoms with van der Waals surface area (Å²) in [5.41, 5.74) is 8.10. The van der Waals surface area contributed by atoms with Crippen molar-refractivity contribution in [2.45, 2.75) is 13.1 Å². The van der Waals surface area contributed by atoms with E-state index >= 15 is 0 Å². The number of thiophene rings is 1. The highest BCUT2D eigenvalue weighted by Crippen LogP contribution is 2.25. The SMILES string of the molecule is NCc1ccc2c(ccn2Cc2ccc(Br)s2)c1. The van der Waals surface area contributed by atoms with Gasteiger partial charge >= 0.3 is 0 Å². The van der Waals surface area contributed by atoms with Crippen LogP contribution >= 0.6 is 27.3 Å². The minimum Gasteiger partial charge on any atom is -0.342 e. The van der Waals surface area contributed by atoms with Crippen LogP contribution in [-0.4, -0.2) is 4.57 Å². The topological polar surface area (TPSA) is 30.9 Å². The molecule has 0 atom stereocenters. The fourth-order valence-electron chi connectivity index (χ4n) is 2.12. The molecule has 0 aliphatic rings. The Bertz CT molecular complexity index is 684. The van der Waals surface area contributed by atoms with E-state index in [1.165, 1.54) is 25.1 Å². The van der Waals surface area contributed by atoms with E-state index in [1.54, 1.807) is 11.3 Å². The molecule has 0 saturated heterocycles. The molecule has 2 aromatic heterocycles. The number of nitrogens with zero attached hydrogens (tertiary/aromatic N) is 1. The Kier molecular flexibility index (Phi) is 3.24. The first-order valence-corrected chi connectivity index (χ1v) is 7.39. The first-order chi connectivity index (χ1) is 8.76. The van der Waals surface area contributed by atoms with Gasteiger partial charge in [-0.1, -0.05) is 6.07 Å². The van der Waals surface area contributed by atoms with Crippen molar-refractivity contribution in [1.29, 1.82) is 0 Å². The summed E-state index contributed by atoms with van der Waals surface area (Å²) in [6.45, 7) is 1.51. The third kappa shape index (κ3) is 2.23. The lowest BCUT2D eigenvalue weighted by Gasteiger charge is -2.04. The van der Waals surface area contributed by atoms with E-state index in [1.807, 2.05) is 0 Å². The lowest BCUT2D eigenvalue weighted by Crippen LogP contribution is -1.97. The molecule has 0 spiro atoms. The minimum absolute atomic E-state index is 0.596. The Labute approximate surface area is 118 Å². The maximum Gasteiger partial charge on any atom is 0.0702 e. The van der Waals surface area contributed by atoms with E-state index in [9.17, 15) is 0 Å². The standard InChI is InChI=1S/C14H13BrN2S/c15-14-4-2-12(18-14)9-17-6-5-11-7-10(8-16)1-3-13(11)17/h1-7H,8-9,16H2. The van der Waals surface area contributed by atoms with E-state index in [4.69, 9.17) is 5.73 Å². The van der Waals surface area contributed by atoms with Crippen molar-refractivity contribution in [3.8, 4) is 0 Å². The highest BCUT2D eigenvalue weighted by atomic mass is 79.9. The molecule has 2 heterocycles. The predicted octanol–water partition coefficient (Wildman–Crippen LogP) is 3.97. The molecule has 0 fully saturated rings. The first kappa shape index (κ1) is 12.0. The van der Waals surface area contributed by atoms with E-state index in [-0.39, 0.29) is 0 Å². The van der Waals surface area contributed by atoms with Gasteiger partial charge in [0.1, 0.15) is 0 Å². The zero-order valence-electron chi connectivity index (χ0n) is 9.77. The number of halogens is 1. The number of rotatable bonds is 3. The van der Waals surface area contributed by atoms with E-state index in [0.29, 0.717) is 6.54 Å². The minimum atomic E-state index is 0.596. The monoisotopic (exact) mass is 320 g/mol. The first-order valence-electron chi connectivity index (χ1n) is 5.78. The lowest BCUT2D eigenvalue weighted by molar-refractivity contribution is 0.851. The summed E-state index contributed by atoms with van der Waals surface area (Å²) in [5.74, 6) is 0. The van der Waals surface area contributed by atoms with Crippen LogP contribution in [0.25, 0.3) is 10.9 Å². The van der Waals surface area contributed by atoms with Gasteiger partial charge in [0, 0.05) is 23.1 Å². The van der Waals surface area contributed by atoms with E-state index < -0.39 is 0 Å². The van der Waals surface area contributed by atoms with Crippen LogP contribution in [0, 0.1) is 0 Å². The largest absolute Gasteiger partial charge is 0.342 e. The van der Waals surface area contributed by atoms with Gasteiger partial charge < -0.3 is 10.3 Å². The zero-order valence-corrected chi connectivity index (χ0v) is 12.2. The van der Waals surface area contributed by atoms with Crippen molar-refractivity contribution < 1.29 is 0 Å². The molecule has 2 N–H and O–H groups in total. The summed E-state index contributed by atoms with van der Waals surface area (Å²) in [6.07, 6.45) is 2.14. The summed E-state index contributed by atoms with van der Waals surface area (Å²) < 4.78 is 3.45. The Morgan fingerprint density at radius 3 is 2.78 bits per heavy atom. The molecule has 2 nitrogen and oxygen atoms in total. The average Bonchev–Trinajstić information content (AvgIpc) is 2.96. The second-order valence-corrected chi connectivity index (χ2v) is 6.79. The van der Waals surface area contributed by atoms with Gasteiger partial charge in [-0.05, 0) is 57.2 Å². The third-order valence-corrected chi connectivity index (χ3v) is 4.63. The highest BCUT2D eigenvalue weighted by Gasteiger charge is 2.04. The molecular formula is C14H13BrN2S. The molecule has 0 aliphatic heterocycles. The lowest BCUT2D eigenvalue weighted by atomic mass is 10.1. The summed E-state index contributed by atoms with van der Waals surface area (Å²) in [7, 11) is 0. The molecule has 0 unspecified atom stereocenters. The van der Waals surface area contributed by atoms with Crippen molar-refractivity contribution in [3.05, 3.63) is 56.8 Å². The maximum atomic E-state index is 5.66. The maximum absolute atomic E-state index is 5.66. The van der Waals surface area contributed by atoms with Gasteiger partial charge in [-0.3, -0.25) is 0 Å². The normalized spacial score (nSPS) is 11.2. The molecule has 4 heteroatoms. The van der Waals surface area contributed by atoms with Crippen molar-refractivity contribution in [3.63, 3.8) is 0 Å². The Hall–Kier alpha value is -1.10. The van der Waals surface area contributed by atoms with Crippen molar-refractivity contribution in [2.75, 3.05) is 0 Å². The number of hydrogen-bond donors (Lipinski definition) is 1. The molecule has 0 radical (unpaired) electrons. The second kappa shape index (κ2) is 4.88. The molecule has 1 aromatic carbocycles. The average molecular weight is 321 g/mol. The van der Waals surface area contributed by atoms with Crippen molar-refractivity contribution in [1.82, 2.24) is 4.57 Å². The van der Waals surface area contributed by atoms with Gasteiger partial charge in [0.05, 0.1) is 10.3 Å². The third-order valence-electron chi connectivity index (χ3n) is 3.03. The number of aromatic nitrogens is 1. The van der Waals surface area contributed by atoms with Crippen LogP contribution in [0.5, 0.6) is 0 Å². The summed E-state index contributed by atoms with van der Waals surface area (Å²) in [5, 5.41) is 1.26. The highest BCUT2D eigenvalue weighted by molar-refractivity contribution is 9.11. The van der Waals surface area contributed by atoms with E-state index in [2.05, 4.69) is 63.1 Å². The second-order valence-electron chi connectivity index (χ2n) is 4.25. The molecular weight excluding hydrogens is 308 g/mol.